The smallest absolute Gasteiger partial charge is 0.338 e. The van der Waals surface area contributed by atoms with Gasteiger partial charge in [0.1, 0.15) is 6.61 Å². The lowest BCUT2D eigenvalue weighted by Gasteiger charge is -2.26. The number of aryl methyl sites for hydroxylation is 2. The maximum absolute atomic E-state index is 12.1. The van der Waals surface area contributed by atoms with Crippen molar-refractivity contribution >= 4 is 41.3 Å². The van der Waals surface area contributed by atoms with Crippen LogP contribution >= 0.6 is 11.8 Å². The van der Waals surface area contributed by atoms with Crippen molar-refractivity contribution in [3.05, 3.63) is 40.6 Å². The number of carbonyl (C=O) groups excluding carboxylic acids is 4. The number of hydrogen-bond acceptors (Lipinski definition) is 7. The molecule has 1 atom stereocenters. The zero-order valence-corrected chi connectivity index (χ0v) is 18.8. The lowest BCUT2D eigenvalue weighted by molar-refractivity contribution is -0.141. The predicted molar refractivity (Wildman–Crippen MR) is 118 cm³/mol. The monoisotopic (exact) mass is 449 g/mol. The van der Waals surface area contributed by atoms with Gasteiger partial charge in [-0.15, -0.1) is 11.8 Å². The predicted octanol–water partition coefficient (Wildman–Crippen LogP) is 2.04. The first-order valence-electron chi connectivity index (χ1n) is 9.79. The highest BCUT2D eigenvalue weighted by molar-refractivity contribution is 8.00. The zero-order chi connectivity index (χ0) is 23.0. The Balaban J connectivity index is 1.83. The molecule has 0 aliphatic carbocycles. The number of rotatable bonds is 9. The van der Waals surface area contributed by atoms with Gasteiger partial charge in [0.2, 0.25) is 5.91 Å². The van der Waals surface area contributed by atoms with Gasteiger partial charge in [-0.05, 0) is 39.3 Å². The topological polar surface area (TPSA) is 123 Å². The van der Waals surface area contributed by atoms with Crippen LogP contribution < -0.4 is 16.0 Å². The number of amides is 3. The van der Waals surface area contributed by atoms with Crippen molar-refractivity contribution in [1.82, 2.24) is 10.6 Å². The van der Waals surface area contributed by atoms with Gasteiger partial charge in [-0.3, -0.25) is 9.59 Å². The van der Waals surface area contributed by atoms with Crippen LogP contribution in [0.15, 0.2) is 29.5 Å². The van der Waals surface area contributed by atoms with E-state index in [9.17, 15) is 19.2 Å². The summed E-state index contributed by atoms with van der Waals surface area (Å²) in [6.07, 6.45) is 0. The zero-order valence-electron chi connectivity index (χ0n) is 18.0. The van der Waals surface area contributed by atoms with E-state index in [0.717, 1.165) is 28.6 Å². The van der Waals surface area contributed by atoms with Crippen LogP contribution in [0.1, 0.15) is 25.0 Å². The Morgan fingerprint density at radius 3 is 2.58 bits per heavy atom. The maximum Gasteiger partial charge on any atom is 0.338 e. The average molecular weight is 450 g/mol. The molecule has 0 bridgehead atoms. The van der Waals surface area contributed by atoms with Gasteiger partial charge in [-0.1, -0.05) is 17.7 Å². The van der Waals surface area contributed by atoms with Gasteiger partial charge < -0.3 is 25.4 Å². The molecule has 1 heterocycles. The Kier molecular flexibility index (Phi) is 8.92. The van der Waals surface area contributed by atoms with E-state index in [2.05, 4.69) is 16.0 Å². The second-order valence-corrected chi connectivity index (χ2v) is 7.94. The molecule has 0 fully saturated rings. The second kappa shape index (κ2) is 11.4. The second-order valence-electron chi connectivity index (χ2n) is 6.95. The third-order valence-corrected chi connectivity index (χ3v) is 5.26. The summed E-state index contributed by atoms with van der Waals surface area (Å²) in [7, 11) is 0. The maximum atomic E-state index is 12.1. The molecule has 0 saturated heterocycles. The number of benzene rings is 1. The van der Waals surface area contributed by atoms with Crippen molar-refractivity contribution in [3.8, 4) is 0 Å². The summed E-state index contributed by atoms with van der Waals surface area (Å²) in [5.41, 5.74) is 3.18. The quantitative estimate of drug-likeness (QED) is 0.493. The fourth-order valence-corrected chi connectivity index (χ4v) is 3.56. The summed E-state index contributed by atoms with van der Waals surface area (Å²) in [5.74, 6) is -1.36. The summed E-state index contributed by atoms with van der Waals surface area (Å²) in [4.78, 5) is 48.0. The molecule has 0 spiro atoms. The van der Waals surface area contributed by atoms with Gasteiger partial charge in [-0.2, -0.15) is 0 Å². The number of hydrogen-bond donors (Lipinski definition) is 3. The van der Waals surface area contributed by atoms with E-state index >= 15 is 0 Å². The van der Waals surface area contributed by atoms with E-state index in [0.29, 0.717) is 0 Å². The van der Waals surface area contributed by atoms with Gasteiger partial charge in [0, 0.05) is 5.69 Å². The normalized spacial score (nSPS) is 15.6. The Hall–Kier alpha value is -3.01. The number of carbonyl (C=O) groups is 4. The number of anilines is 1. The van der Waals surface area contributed by atoms with Crippen molar-refractivity contribution in [2.24, 2.45) is 0 Å². The Morgan fingerprint density at radius 2 is 1.90 bits per heavy atom. The first kappa shape index (κ1) is 24.3. The molecule has 10 heteroatoms. The van der Waals surface area contributed by atoms with E-state index in [1.807, 2.05) is 32.0 Å². The minimum absolute atomic E-state index is 0.0515. The molecule has 1 unspecified atom stereocenters. The molecular weight excluding hydrogens is 422 g/mol. The molecule has 0 saturated carbocycles. The summed E-state index contributed by atoms with van der Waals surface area (Å²) >= 11 is 1.11. The average Bonchev–Trinajstić information content (AvgIpc) is 2.68. The highest BCUT2D eigenvalue weighted by atomic mass is 32.2. The molecule has 1 aromatic carbocycles. The minimum Gasteiger partial charge on any atom is -0.463 e. The first-order valence-corrected chi connectivity index (χ1v) is 10.9. The van der Waals surface area contributed by atoms with Crippen LogP contribution in [0.5, 0.6) is 0 Å². The summed E-state index contributed by atoms with van der Waals surface area (Å²) in [6.45, 7) is 7.09. The van der Waals surface area contributed by atoms with Gasteiger partial charge >= 0.3 is 18.0 Å². The molecule has 9 nitrogen and oxygen atoms in total. The van der Waals surface area contributed by atoms with Gasteiger partial charge in [0.25, 0.3) is 0 Å². The summed E-state index contributed by atoms with van der Waals surface area (Å²) in [6, 6.07) is 4.64. The molecule has 1 aromatic rings. The number of esters is 2. The summed E-state index contributed by atoms with van der Waals surface area (Å²) < 4.78 is 10.2. The van der Waals surface area contributed by atoms with Gasteiger partial charge in [-0.25, -0.2) is 9.59 Å². The van der Waals surface area contributed by atoms with E-state index in [1.54, 1.807) is 13.8 Å². The standard InChI is InChI=1S/C21H27N3O6S/c1-5-29-20(27)19-14(4)22-21(28)24-16(19)9-30-18(26)11-31-10-17(25)23-15-7-6-12(2)8-13(15)3/h6-8,14H,5,9-11H2,1-4H3,(H,23,25)(H2,22,24,28). The van der Waals surface area contributed by atoms with Crippen LogP contribution in [0, 0.1) is 13.8 Å². The highest BCUT2D eigenvalue weighted by Crippen LogP contribution is 2.17. The van der Waals surface area contributed by atoms with Crippen molar-refractivity contribution in [2.45, 2.75) is 33.7 Å². The van der Waals surface area contributed by atoms with Crippen LogP contribution in [0.4, 0.5) is 10.5 Å². The van der Waals surface area contributed by atoms with Gasteiger partial charge in [0.15, 0.2) is 0 Å². The lowest BCUT2D eigenvalue weighted by Crippen LogP contribution is -2.50. The van der Waals surface area contributed by atoms with Crippen LogP contribution in [0.25, 0.3) is 0 Å². The minimum atomic E-state index is -0.592. The third kappa shape index (κ3) is 7.32. The van der Waals surface area contributed by atoms with E-state index in [4.69, 9.17) is 9.47 Å². The molecule has 168 valence electrons. The van der Waals surface area contributed by atoms with Crippen LogP contribution in [0.3, 0.4) is 0 Å². The van der Waals surface area contributed by atoms with Crippen molar-refractivity contribution < 1.29 is 28.7 Å². The highest BCUT2D eigenvalue weighted by Gasteiger charge is 2.30. The van der Waals surface area contributed by atoms with Crippen LogP contribution in [-0.4, -0.2) is 54.6 Å². The largest absolute Gasteiger partial charge is 0.463 e. The Bertz CT molecular complexity index is 899. The molecule has 1 aliphatic heterocycles. The molecule has 2 rings (SSSR count). The van der Waals surface area contributed by atoms with Crippen molar-refractivity contribution in [3.63, 3.8) is 0 Å². The Morgan fingerprint density at radius 1 is 1.16 bits per heavy atom. The molecule has 0 radical (unpaired) electrons. The molecule has 0 aromatic heterocycles. The molecular formula is C21H27N3O6S. The lowest BCUT2D eigenvalue weighted by atomic mass is 10.0. The number of nitrogens with one attached hydrogen (secondary N) is 3. The molecule has 3 amide bonds. The number of ether oxygens (including phenoxy) is 2. The molecule has 3 N–H and O–H groups in total. The third-order valence-electron chi connectivity index (χ3n) is 4.35. The Labute approximate surface area is 185 Å². The number of thioether (sulfide) groups is 1. The van der Waals surface area contributed by atoms with Crippen LogP contribution in [0.2, 0.25) is 0 Å². The first-order chi connectivity index (χ1) is 14.7. The van der Waals surface area contributed by atoms with E-state index < -0.39 is 24.0 Å². The fraction of sp³-hybridized carbons (Fsp3) is 0.429. The summed E-state index contributed by atoms with van der Waals surface area (Å²) in [5, 5.41) is 7.85. The fourth-order valence-electron chi connectivity index (χ4n) is 2.95. The molecule has 1 aliphatic rings. The number of urea groups is 1. The molecule has 31 heavy (non-hydrogen) atoms. The van der Waals surface area contributed by atoms with Crippen LogP contribution in [-0.2, 0) is 23.9 Å². The van der Waals surface area contributed by atoms with E-state index in [-0.39, 0.29) is 41.9 Å². The van der Waals surface area contributed by atoms with E-state index in [1.165, 1.54) is 0 Å². The van der Waals surface area contributed by atoms with Gasteiger partial charge in [0.05, 0.1) is 35.4 Å². The van der Waals surface area contributed by atoms with Crippen molar-refractivity contribution in [1.29, 1.82) is 0 Å². The van der Waals surface area contributed by atoms with Crippen molar-refractivity contribution in [2.75, 3.05) is 30.0 Å². The SMILES string of the molecule is CCOC(=O)C1=C(COC(=O)CSCC(=O)Nc2ccc(C)cc2C)NC(=O)NC1C.